The number of methoxy groups -OCH3 is 1. The van der Waals surface area contributed by atoms with Gasteiger partial charge >= 0.3 is 0 Å². The van der Waals surface area contributed by atoms with Crippen molar-refractivity contribution in [2.24, 2.45) is 0 Å². The Labute approximate surface area is 173 Å². The Hall–Kier alpha value is -3.07. The summed E-state index contributed by atoms with van der Waals surface area (Å²) in [5, 5.41) is 0. The van der Waals surface area contributed by atoms with Gasteiger partial charge in [-0.2, -0.15) is 0 Å². The van der Waals surface area contributed by atoms with Crippen LogP contribution in [-0.4, -0.2) is 18.2 Å². The third-order valence-electron chi connectivity index (χ3n) is 5.42. The molecule has 0 N–H and O–H groups in total. The molecule has 148 valence electrons. The number of hydrogen-bond donors (Lipinski definition) is 0. The van der Waals surface area contributed by atoms with Crippen LogP contribution in [0.1, 0.15) is 47.9 Å². The highest BCUT2D eigenvalue weighted by Gasteiger charge is 2.19. The van der Waals surface area contributed by atoms with E-state index >= 15 is 0 Å². The maximum atomic E-state index is 6.34. The van der Waals surface area contributed by atoms with Gasteiger partial charge in [0.2, 0.25) is 0 Å². The maximum absolute atomic E-state index is 6.34. The SMILES string of the molecule is COc1ccc(C(=Cc2ccncc2)c2cccc(C)c2)cc1OC1CCCC1. The van der Waals surface area contributed by atoms with Crippen molar-refractivity contribution in [3.05, 3.63) is 89.2 Å². The van der Waals surface area contributed by atoms with E-state index < -0.39 is 0 Å². The summed E-state index contributed by atoms with van der Waals surface area (Å²) in [6, 6.07) is 18.9. The van der Waals surface area contributed by atoms with Crippen molar-refractivity contribution in [1.82, 2.24) is 4.98 Å². The summed E-state index contributed by atoms with van der Waals surface area (Å²) in [5.41, 5.74) is 5.79. The molecule has 3 heteroatoms. The van der Waals surface area contributed by atoms with Crippen LogP contribution in [0.4, 0.5) is 0 Å². The molecule has 1 saturated carbocycles. The average Bonchev–Trinajstić information content (AvgIpc) is 3.26. The maximum Gasteiger partial charge on any atom is 0.162 e. The van der Waals surface area contributed by atoms with Crippen molar-refractivity contribution in [3.8, 4) is 11.5 Å². The molecule has 0 saturated heterocycles. The van der Waals surface area contributed by atoms with Gasteiger partial charge in [-0.3, -0.25) is 4.98 Å². The summed E-state index contributed by atoms with van der Waals surface area (Å²) < 4.78 is 11.9. The van der Waals surface area contributed by atoms with E-state index in [4.69, 9.17) is 9.47 Å². The molecule has 3 nitrogen and oxygen atoms in total. The monoisotopic (exact) mass is 385 g/mol. The Balaban J connectivity index is 1.78. The van der Waals surface area contributed by atoms with Crippen molar-refractivity contribution in [2.75, 3.05) is 7.11 Å². The molecule has 0 radical (unpaired) electrons. The molecule has 4 rings (SSSR count). The van der Waals surface area contributed by atoms with E-state index in [2.05, 4.69) is 54.4 Å². The molecule has 3 aromatic rings. The molecule has 0 aliphatic heterocycles. The fraction of sp³-hybridized carbons (Fsp3) is 0.269. The van der Waals surface area contributed by atoms with Crippen molar-refractivity contribution in [2.45, 2.75) is 38.7 Å². The zero-order valence-electron chi connectivity index (χ0n) is 17.1. The van der Waals surface area contributed by atoms with E-state index in [9.17, 15) is 0 Å². The van der Waals surface area contributed by atoms with Crippen LogP contribution in [0.2, 0.25) is 0 Å². The predicted octanol–water partition coefficient (Wildman–Crippen LogP) is 6.31. The quantitative estimate of drug-likeness (QED) is 0.498. The normalized spacial score (nSPS) is 14.8. The summed E-state index contributed by atoms with van der Waals surface area (Å²) in [7, 11) is 1.70. The van der Waals surface area contributed by atoms with Gasteiger partial charge in [0, 0.05) is 12.4 Å². The van der Waals surface area contributed by atoms with Crippen molar-refractivity contribution in [1.29, 1.82) is 0 Å². The summed E-state index contributed by atoms with van der Waals surface area (Å²) in [5.74, 6) is 1.61. The van der Waals surface area contributed by atoms with Gasteiger partial charge in [-0.15, -0.1) is 0 Å². The first-order valence-electron chi connectivity index (χ1n) is 10.3. The Bertz CT molecular complexity index is 989. The molecular weight excluding hydrogens is 358 g/mol. The number of nitrogens with zero attached hydrogens (tertiary/aromatic N) is 1. The lowest BCUT2D eigenvalue weighted by molar-refractivity contribution is 0.201. The molecule has 0 amide bonds. The van der Waals surface area contributed by atoms with Crippen LogP contribution >= 0.6 is 0 Å². The van der Waals surface area contributed by atoms with Gasteiger partial charge in [0.15, 0.2) is 11.5 Å². The summed E-state index contributed by atoms with van der Waals surface area (Å²) >= 11 is 0. The number of pyridine rings is 1. The number of ether oxygens (including phenoxy) is 2. The van der Waals surface area contributed by atoms with E-state index in [1.165, 1.54) is 24.0 Å². The highest BCUT2D eigenvalue weighted by Crippen LogP contribution is 2.36. The number of rotatable bonds is 6. The first-order chi connectivity index (χ1) is 14.2. The zero-order chi connectivity index (χ0) is 20.1. The standard InChI is InChI=1S/C26H27NO2/c1-19-6-5-7-21(16-19)24(17-20-12-14-27-15-13-20)22-10-11-25(28-2)26(18-22)29-23-8-3-4-9-23/h5-7,10-18,23H,3-4,8-9H2,1-2H3. The van der Waals surface area contributed by atoms with Crippen molar-refractivity contribution < 1.29 is 9.47 Å². The van der Waals surface area contributed by atoms with Gasteiger partial charge in [-0.25, -0.2) is 0 Å². The molecule has 1 aromatic heterocycles. The fourth-order valence-electron chi connectivity index (χ4n) is 3.89. The second-order valence-electron chi connectivity index (χ2n) is 7.60. The van der Waals surface area contributed by atoms with Gasteiger partial charge in [-0.05, 0) is 85.2 Å². The highest BCUT2D eigenvalue weighted by molar-refractivity contribution is 5.92. The molecule has 1 aliphatic carbocycles. The zero-order valence-corrected chi connectivity index (χ0v) is 17.1. The Morgan fingerprint density at radius 3 is 2.41 bits per heavy atom. The van der Waals surface area contributed by atoms with E-state index in [1.54, 1.807) is 7.11 Å². The minimum Gasteiger partial charge on any atom is -0.493 e. The van der Waals surface area contributed by atoms with Crippen LogP contribution < -0.4 is 9.47 Å². The third-order valence-corrected chi connectivity index (χ3v) is 5.42. The van der Waals surface area contributed by atoms with Crippen LogP contribution in [0.15, 0.2) is 67.0 Å². The first kappa shape index (κ1) is 19.3. The second-order valence-corrected chi connectivity index (χ2v) is 7.60. The van der Waals surface area contributed by atoms with Crippen LogP contribution in [0.25, 0.3) is 11.6 Å². The minimum absolute atomic E-state index is 0.283. The van der Waals surface area contributed by atoms with Gasteiger partial charge in [0.25, 0.3) is 0 Å². The van der Waals surface area contributed by atoms with Crippen LogP contribution in [0.5, 0.6) is 11.5 Å². The van der Waals surface area contributed by atoms with Crippen molar-refractivity contribution >= 4 is 11.6 Å². The molecule has 0 spiro atoms. The molecule has 0 atom stereocenters. The van der Waals surface area contributed by atoms with Gasteiger partial charge in [-0.1, -0.05) is 35.9 Å². The van der Waals surface area contributed by atoms with E-state index in [1.807, 2.05) is 30.6 Å². The Morgan fingerprint density at radius 2 is 1.69 bits per heavy atom. The van der Waals surface area contributed by atoms with Crippen molar-refractivity contribution in [3.63, 3.8) is 0 Å². The minimum atomic E-state index is 0.283. The van der Waals surface area contributed by atoms with E-state index in [0.29, 0.717) is 0 Å². The Morgan fingerprint density at radius 1 is 0.931 bits per heavy atom. The molecule has 2 aromatic carbocycles. The van der Waals surface area contributed by atoms with Gasteiger partial charge in [0.05, 0.1) is 13.2 Å². The number of aryl methyl sites for hydroxylation is 1. The number of benzene rings is 2. The average molecular weight is 386 g/mol. The predicted molar refractivity (Wildman–Crippen MR) is 118 cm³/mol. The van der Waals surface area contributed by atoms with Crippen LogP contribution in [0, 0.1) is 6.92 Å². The molecule has 0 unspecified atom stereocenters. The number of aromatic nitrogens is 1. The summed E-state index contributed by atoms with van der Waals surface area (Å²) in [6.07, 6.45) is 10.8. The van der Waals surface area contributed by atoms with Gasteiger partial charge < -0.3 is 9.47 Å². The lowest BCUT2D eigenvalue weighted by Crippen LogP contribution is -2.11. The molecule has 1 fully saturated rings. The van der Waals surface area contributed by atoms with E-state index in [-0.39, 0.29) is 6.10 Å². The molecule has 1 heterocycles. The largest absolute Gasteiger partial charge is 0.493 e. The molecular formula is C26H27NO2. The molecule has 0 bridgehead atoms. The third kappa shape index (κ3) is 4.68. The summed E-state index contributed by atoms with van der Waals surface area (Å²) in [6.45, 7) is 2.12. The highest BCUT2D eigenvalue weighted by atomic mass is 16.5. The lowest BCUT2D eigenvalue weighted by Gasteiger charge is -2.18. The molecule has 29 heavy (non-hydrogen) atoms. The van der Waals surface area contributed by atoms with Crippen LogP contribution in [-0.2, 0) is 0 Å². The smallest absolute Gasteiger partial charge is 0.162 e. The van der Waals surface area contributed by atoms with E-state index in [0.717, 1.165) is 41.0 Å². The van der Waals surface area contributed by atoms with Gasteiger partial charge in [0.1, 0.15) is 0 Å². The van der Waals surface area contributed by atoms with Crippen LogP contribution in [0.3, 0.4) is 0 Å². The molecule has 1 aliphatic rings. The summed E-state index contributed by atoms with van der Waals surface area (Å²) in [4.78, 5) is 4.14. The Kier molecular flexibility index (Phi) is 5.95. The second kappa shape index (κ2) is 8.95. The topological polar surface area (TPSA) is 31.4 Å². The first-order valence-corrected chi connectivity index (χ1v) is 10.3. The lowest BCUT2D eigenvalue weighted by atomic mass is 9.94. The number of hydrogen-bond acceptors (Lipinski definition) is 3. The fourth-order valence-corrected chi connectivity index (χ4v) is 3.89.